The lowest BCUT2D eigenvalue weighted by Crippen LogP contribution is -2.52. The highest BCUT2D eigenvalue weighted by atomic mass is 35.5. The van der Waals surface area contributed by atoms with E-state index in [1.807, 2.05) is 6.21 Å². The normalized spacial score (nSPS) is 36.3. The van der Waals surface area contributed by atoms with E-state index in [-0.39, 0.29) is 23.1 Å². The summed E-state index contributed by atoms with van der Waals surface area (Å²) in [4.78, 5) is 12.0. The minimum Gasteiger partial charge on any atom is -0.391 e. The van der Waals surface area contributed by atoms with Crippen molar-refractivity contribution in [1.82, 2.24) is 14.7 Å². The van der Waals surface area contributed by atoms with Crippen LogP contribution in [0, 0.1) is 11.8 Å². The van der Waals surface area contributed by atoms with E-state index in [0.717, 1.165) is 58.2 Å². The Morgan fingerprint density at radius 1 is 1.21 bits per heavy atom. The van der Waals surface area contributed by atoms with Crippen LogP contribution < -0.4 is 0 Å². The van der Waals surface area contributed by atoms with Gasteiger partial charge in [-0.2, -0.15) is 0 Å². The molecule has 0 aromatic rings. The van der Waals surface area contributed by atoms with Gasteiger partial charge in [-0.15, -0.1) is 11.6 Å². The van der Waals surface area contributed by atoms with Gasteiger partial charge in [-0.25, -0.2) is 4.39 Å². The molecule has 2 fully saturated rings. The van der Waals surface area contributed by atoms with Gasteiger partial charge in [-0.1, -0.05) is 0 Å². The van der Waals surface area contributed by atoms with E-state index >= 15 is 0 Å². The van der Waals surface area contributed by atoms with Gasteiger partial charge < -0.3 is 14.9 Å². The van der Waals surface area contributed by atoms with Crippen LogP contribution in [0.15, 0.2) is 16.3 Å². The van der Waals surface area contributed by atoms with Gasteiger partial charge in [0.1, 0.15) is 12.3 Å². The quantitative estimate of drug-likeness (QED) is 0.542. The lowest BCUT2D eigenvalue weighted by atomic mass is 9.75. The summed E-state index contributed by atoms with van der Waals surface area (Å²) in [5.41, 5.74) is 3.10. The molecule has 7 heteroatoms. The molecule has 3 aliphatic heterocycles. The zero-order valence-electron chi connectivity index (χ0n) is 21.9. The Kier molecular flexibility index (Phi) is 8.33. The first kappa shape index (κ1) is 26.4. The SMILES string of the molecule is CN(C)CCC(O)C1C=NC2CCC(C3=C(C4CCC(F)C(Cl)C4)N(C(C)(C)C)CCC3)CN21. The third-order valence-corrected chi connectivity index (χ3v) is 8.93. The van der Waals surface area contributed by atoms with Crippen molar-refractivity contribution < 1.29 is 9.50 Å². The van der Waals surface area contributed by atoms with Gasteiger partial charge in [0.2, 0.25) is 0 Å². The van der Waals surface area contributed by atoms with E-state index in [4.69, 9.17) is 16.6 Å². The Balaban J connectivity index is 1.59. The molecule has 1 aliphatic carbocycles. The first-order chi connectivity index (χ1) is 16.1. The molecule has 3 heterocycles. The Hall–Kier alpha value is -0.690. The summed E-state index contributed by atoms with van der Waals surface area (Å²) in [6.45, 7) is 9.80. The molecule has 7 unspecified atom stereocenters. The molecule has 194 valence electrons. The average Bonchev–Trinajstić information content (AvgIpc) is 3.21. The Morgan fingerprint density at radius 2 is 1.94 bits per heavy atom. The van der Waals surface area contributed by atoms with Gasteiger partial charge >= 0.3 is 0 Å². The second-order valence-corrected chi connectivity index (χ2v) is 12.8. The van der Waals surface area contributed by atoms with Crippen LogP contribution in [0.4, 0.5) is 4.39 Å². The first-order valence-corrected chi connectivity index (χ1v) is 13.9. The standard InChI is InChI=1S/C27H46ClFN4O/c1-27(2,3)33-13-6-7-20(26(33)18-8-10-22(29)21(28)15-18)19-9-11-25-30-16-23(32(25)17-19)24(34)12-14-31(4)5/h16,18-19,21-25,34H,6-15,17H2,1-5H3. The van der Waals surface area contributed by atoms with Crippen molar-refractivity contribution in [3.05, 3.63) is 11.3 Å². The smallest absolute Gasteiger partial charge is 0.116 e. The van der Waals surface area contributed by atoms with Crippen molar-refractivity contribution in [2.24, 2.45) is 16.8 Å². The molecule has 4 aliphatic rings. The third-order valence-electron chi connectivity index (χ3n) is 8.48. The second kappa shape index (κ2) is 10.7. The van der Waals surface area contributed by atoms with Gasteiger partial charge in [0.05, 0.1) is 17.5 Å². The highest BCUT2D eigenvalue weighted by molar-refractivity contribution is 6.21. The van der Waals surface area contributed by atoms with Crippen molar-refractivity contribution >= 4 is 17.8 Å². The van der Waals surface area contributed by atoms with Crippen LogP contribution in [0.2, 0.25) is 0 Å². The number of aliphatic hydroxyl groups is 1. The summed E-state index contributed by atoms with van der Waals surface area (Å²) in [7, 11) is 4.10. The van der Waals surface area contributed by atoms with E-state index in [1.54, 1.807) is 5.57 Å². The van der Waals surface area contributed by atoms with E-state index in [0.29, 0.717) is 18.3 Å². The van der Waals surface area contributed by atoms with Crippen LogP contribution in [0.3, 0.4) is 0 Å². The molecule has 7 atom stereocenters. The fourth-order valence-electron chi connectivity index (χ4n) is 6.67. The lowest BCUT2D eigenvalue weighted by Gasteiger charge is -2.50. The summed E-state index contributed by atoms with van der Waals surface area (Å²) in [6.07, 6.45) is 8.37. The molecular weight excluding hydrogens is 451 g/mol. The largest absolute Gasteiger partial charge is 0.391 e. The maximum atomic E-state index is 14.3. The third kappa shape index (κ3) is 5.66. The molecule has 0 bridgehead atoms. The van der Waals surface area contributed by atoms with Gasteiger partial charge in [0.15, 0.2) is 0 Å². The van der Waals surface area contributed by atoms with Crippen LogP contribution in [0.1, 0.15) is 72.1 Å². The molecule has 34 heavy (non-hydrogen) atoms. The molecule has 0 radical (unpaired) electrons. The molecule has 4 rings (SSSR count). The average molecular weight is 497 g/mol. The van der Waals surface area contributed by atoms with Crippen LogP contribution in [-0.4, -0.2) is 95.1 Å². The summed E-state index contributed by atoms with van der Waals surface area (Å²) < 4.78 is 14.3. The number of aliphatic imine (C=N–C) groups is 1. The molecule has 0 amide bonds. The number of fused-ring (bicyclic) bond motifs is 1. The highest BCUT2D eigenvalue weighted by Gasteiger charge is 2.43. The van der Waals surface area contributed by atoms with Gasteiger partial charge in [-0.3, -0.25) is 9.89 Å². The number of aliphatic hydroxyl groups excluding tert-OH is 1. The molecule has 1 N–H and O–H groups in total. The number of nitrogens with zero attached hydrogens (tertiary/aromatic N) is 4. The fraction of sp³-hybridized carbons (Fsp3) is 0.889. The number of piperidine rings is 1. The van der Waals surface area contributed by atoms with E-state index < -0.39 is 12.3 Å². The minimum absolute atomic E-state index is 0.00769. The van der Waals surface area contributed by atoms with Gasteiger partial charge in [0, 0.05) is 43.0 Å². The van der Waals surface area contributed by atoms with Crippen LogP contribution in [0.5, 0.6) is 0 Å². The molecular formula is C27H46ClFN4O. The number of halogens is 2. The number of alkyl halides is 2. The zero-order valence-corrected chi connectivity index (χ0v) is 22.6. The van der Waals surface area contributed by atoms with Crippen molar-refractivity contribution in [2.45, 2.75) is 108 Å². The van der Waals surface area contributed by atoms with E-state index in [2.05, 4.69) is 49.6 Å². The first-order valence-electron chi connectivity index (χ1n) is 13.5. The van der Waals surface area contributed by atoms with Crippen LogP contribution >= 0.6 is 11.6 Å². The number of rotatable bonds is 6. The van der Waals surface area contributed by atoms with E-state index in [9.17, 15) is 9.50 Å². The molecule has 0 aromatic carbocycles. The maximum absolute atomic E-state index is 14.3. The predicted octanol–water partition coefficient (Wildman–Crippen LogP) is 4.68. The van der Waals surface area contributed by atoms with Crippen molar-refractivity contribution in [2.75, 3.05) is 33.7 Å². The van der Waals surface area contributed by atoms with E-state index in [1.165, 1.54) is 12.1 Å². The second-order valence-electron chi connectivity index (χ2n) is 12.3. The van der Waals surface area contributed by atoms with Crippen molar-refractivity contribution in [1.29, 1.82) is 0 Å². The number of hydrogen-bond donors (Lipinski definition) is 1. The summed E-state index contributed by atoms with van der Waals surface area (Å²) in [6, 6.07) is 0.00769. The summed E-state index contributed by atoms with van der Waals surface area (Å²) in [5, 5.41) is 10.6. The Morgan fingerprint density at radius 3 is 2.62 bits per heavy atom. The van der Waals surface area contributed by atoms with Gasteiger partial charge in [0.25, 0.3) is 0 Å². The lowest BCUT2D eigenvalue weighted by molar-refractivity contribution is 0.0347. The number of hydrogen-bond acceptors (Lipinski definition) is 5. The fourth-order valence-corrected chi connectivity index (χ4v) is 7.01. The van der Waals surface area contributed by atoms with Crippen molar-refractivity contribution in [3.63, 3.8) is 0 Å². The van der Waals surface area contributed by atoms with Crippen molar-refractivity contribution in [3.8, 4) is 0 Å². The zero-order chi connectivity index (χ0) is 24.6. The Labute approximate surface area is 211 Å². The number of allylic oxidation sites excluding steroid dienone is 1. The molecule has 1 saturated heterocycles. The monoisotopic (exact) mass is 496 g/mol. The highest BCUT2D eigenvalue weighted by Crippen LogP contribution is 2.45. The molecule has 0 aromatic heterocycles. The molecule has 0 spiro atoms. The summed E-state index contributed by atoms with van der Waals surface area (Å²) >= 11 is 6.48. The maximum Gasteiger partial charge on any atom is 0.116 e. The Bertz CT molecular complexity index is 766. The minimum atomic E-state index is -0.879. The van der Waals surface area contributed by atoms with Crippen LogP contribution in [-0.2, 0) is 0 Å². The van der Waals surface area contributed by atoms with Crippen LogP contribution in [0.25, 0.3) is 0 Å². The summed E-state index contributed by atoms with van der Waals surface area (Å²) in [5.74, 6) is 0.816. The topological polar surface area (TPSA) is 42.3 Å². The van der Waals surface area contributed by atoms with Gasteiger partial charge in [-0.05, 0) is 97.7 Å². The molecule has 1 saturated carbocycles. The molecule has 5 nitrogen and oxygen atoms in total. The predicted molar refractivity (Wildman–Crippen MR) is 139 cm³/mol.